The first-order chi connectivity index (χ1) is 30.5. The molecule has 2 saturated heterocycles. The van der Waals surface area contributed by atoms with Gasteiger partial charge < -0.3 is 4.74 Å². The number of carbonyl (C=O) groups excluding carboxylic acids is 1. The van der Waals surface area contributed by atoms with E-state index in [0.717, 1.165) is 77.3 Å². The first kappa shape index (κ1) is 46.6. The molecule has 0 radical (unpaired) electrons. The Morgan fingerprint density at radius 1 is 0.547 bits per heavy atom. The number of rotatable bonds is 14. The van der Waals surface area contributed by atoms with Gasteiger partial charge in [0.15, 0.2) is 0 Å². The molecule has 2 unspecified atom stereocenters. The number of ether oxygens (including phenoxy) is 1. The summed E-state index contributed by atoms with van der Waals surface area (Å²) in [5.74, 6) is -2.87. The normalized spacial score (nSPS) is 15.7. The zero-order valence-electron chi connectivity index (χ0n) is 34.5. The zero-order chi connectivity index (χ0) is 45.8. The van der Waals surface area contributed by atoms with Gasteiger partial charge in [-0.2, -0.15) is 0 Å². The Balaban J connectivity index is 0.000000192. The van der Waals surface area contributed by atoms with Crippen molar-refractivity contribution in [2.45, 2.75) is 24.2 Å². The lowest BCUT2D eigenvalue weighted by atomic mass is 9.93. The molecule has 2 atom stereocenters. The maximum Gasteiger partial charge on any atom is 0.298 e. The van der Waals surface area contributed by atoms with Crippen LogP contribution in [0, 0.1) is 26.8 Å². The van der Waals surface area contributed by atoms with Gasteiger partial charge in [0.2, 0.25) is 20.0 Å². The number of hydrogen-bond donors (Lipinski definition) is 0. The van der Waals surface area contributed by atoms with Crippen LogP contribution in [-0.4, -0.2) is 83.9 Å². The molecule has 6 aromatic carbocycles. The summed E-state index contributed by atoms with van der Waals surface area (Å²) in [5, 5.41) is 0. The van der Waals surface area contributed by atoms with Crippen molar-refractivity contribution in [3.8, 4) is 5.75 Å². The summed E-state index contributed by atoms with van der Waals surface area (Å²) >= 11 is 2.26. The lowest BCUT2D eigenvalue weighted by Gasteiger charge is -2.48. The molecule has 0 spiro atoms. The molecule has 2 aliphatic heterocycles. The van der Waals surface area contributed by atoms with E-state index in [1.165, 1.54) is 0 Å². The fourth-order valence-corrected chi connectivity index (χ4v) is 11.0. The lowest BCUT2D eigenvalue weighted by molar-refractivity contribution is -0.120. The Morgan fingerprint density at radius 2 is 0.875 bits per heavy atom. The topological polar surface area (TPSA) is 108 Å². The fourth-order valence-electron chi connectivity index (χ4n) is 8.30. The van der Waals surface area contributed by atoms with E-state index in [-0.39, 0.29) is 23.5 Å². The van der Waals surface area contributed by atoms with E-state index < -0.39 is 55.4 Å². The average molecular weight is 1030 g/mol. The van der Waals surface area contributed by atoms with E-state index in [9.17, 15) is 39.2 Å². The Bertz CT molecular complexity index is 2740. The van der Waals surface area contributed by atoms with Crippen molar-refractivity contribution in [3.63, 3.8) is 0 Å². The molecule has 10 nitrogen and oxygen atoms in total. The van der Waals surface area contributed by atoms with Crippen molar-refractivity contribution in [2.75, 3.05) is 47.3 Å². The number of sulfonamides is 2. The van der Waals surface area contributed by atoms with Gasteiger partial charge >= 0.3 is 0 Å². The van der Waals surface area contributed by atoms with Gasteiger partial charge in [0.05, 0.1) is 48.1 Å². The number of hydrogen-bond acceptors (Lipinski definition) is 8. The molecule has 64 heavy (non-hydrogen) atoms. The summed E-state index contributed by atoms with van der Waals surface area (Å²) in [6, 6.07) is 39.5. The standard InChI is InChI=1S/C24H22F2N2O4S.C23H21F2IN2O2S/c1-33(30,31)28(21-12-19(25)11-20(26)13-21)22-14-27(15-22)24(17-5-3-2-4-6-17)18-7-9-23(10-8-18)32-16-29;1-31(29,30)28(21-12-18(24)11-19(25)13-21)22-14-27(15-22)23(16-5-3-2-4-6-16)17-7-9-20(26)10-8-17/h2-13,16,22,24H,14-15H2,1H3;2-13,22-23H,14-15H2,1H3. The van der Waals surface area contributed by atoms with E-state index in [2.05, 4.69) is 44.5 Å². The van der Waals surface area contributed by atoms with Gasteiger partial charge in [0.1, 0.15) is 29.0 Å². The summed E-state index contributed by atoms with van der Waals surface area (Å²) in [5.41, 5.74) is 4.11. The van der Waals surface area contributed by atoms with Gasteiger partial charge in [-0.25, -0.2) is 34.4 Å². The summed E-state index contributed by atoms with van der Waals surface area (Å²) in [7, 11) is -7.50. The number of carbonyl (C=O) groups is 1. The van der Waals surface area contributed by atoms with E-state index in [0.29, 0.717) is 44.5 Å². The van der Waals surface area contributed by atoms with Crippen LogP contribution in [0.5, 0.6) is 5.75 Å². The summed E-state index contributed by atoms with van der Waals surface area (Å²) in [6.45, 7) is 1.96. The van der Waals surface area contributed by atoms with Crippen LogP contribution in [0.15, 0.2) is 146 Å². The predicted molar refractivity (Wildman–Crippen MR) is 247 cm³/mol. The first-order valence-electron chi connectivity index (χ1n) is 19.9. The average Bonchev–Trinajstić information content (AvgIpc) is 3.20. The smallest absolute Gasteiger partial charge is 0.298 e. The second-order valence-corrected chi connectivity index (χ2v) is 20.5. The highest BCUT2D eigenvalue weighted by molar-refractivity contribution is 14.1. The summed E-state index contributed by atoms with van der Waals surface area (Å²) < 4.78 is 113. The molecule has 6 aromatic rings. The van der Waals surface area contributed by atoms with Gasteiger partial charge in [-0.05, 0) is 93.4 Å². The van der Waals surface area contributed by atoms with Gasteiger partial charge in [0.25, 0.3) is 6.47 Å². The van der Waals surface area contributed by atoms with E-state index in [1.807, 2.05) is 84.9 Å². The minimum Gasteiger partial charge on any atom is -0.429 e. The molecule has 8 rings (SSSR count). The van der Waals surface area contributed by atoms with Crippen LogP contribution in [0.4, 0.5) is 28.9 Å². The summed E-state index contributed by atoms with van der Waals surface area (Å²) in [6.07, 6.45) is 2.09. The molecule has 2 fully saturated rings. The van der Waals surface area contributed by atoms with Crippen LogP contribution in [0.25, 0.3) is 0 Å². The minimum atomic E-state index is -3.78. The van der Waals surface area contributed by atoms with Crippen molar-refractivity contribution in [1.82, 2.24) is 9.80 Å². The molecule has 2 aliphatic rings. The molecule has 0 amide bonds. The van der Waals surface area contributed by atoms with E-state index >= 15 is 0 Å². The second-order valence-electron chi connectivity index (χ2n) is 15.5. The van der Waals surface area contributed by atoms with Gasteiger partial charge in [-0.15, -0.1) is 0 Å². The molecule has 0 saturated carbocycles. The highest BCUT2D eigenvalue weighted by Gasteiger charge is 2.42. The maximum atomic E-state index is 13.8. The van der Waals surface area contributed by atoms with Crippen LogP contribution in [0.3, 0.4) is 0 Å². The van der Waals surface area contributed by atoms with Crippen LogP contribution < -0.4 is 13.3 Å². The Labute approximate surface area is 383 Å². The first-order valence-corrected chi connectivity index (χ1v) is 24.7. The minimum absolute atomic E-state index is 0.00942. The van der Waals surface area contributed by atoms with E-state index in [1.54, 1.807) is 12.1 Å². The predicted octanol–water partition coefficient (Wildman–Crippen LogP) is 8.55. The largest absolute Gasteiger partial charge is 0.429 e. The molecule has 0 bridgehead atoms. The monoisotopic (exact) mass is 1030 g/mol. The van der Waals surface area contributed by atoms with Crippen molar-refractivity contribution < 1.29 is 43.9 Å². The molecule has 0 aromatic heterocycles. The van der Waals surface area contributed by atoms with Crippen LogP contribution in [0.2, 0.25) is 0 Å². The van der Waals surface area contributed by atoms with Crippen LogP contribution >= 0.6 is 22.6 Å². The Hall–Kier alpha value is -5.34. The molecule has 0 aliphatic carbocycles. The van der Waals surface area contributed by atoms with Crippen LogP contribution in [-0.2, 0) is 24.8 Å². The number of halogens is 5. The van der Waals surface area contributed by atoms with Crippen molar-refractivity contribution >= 4 is 60.5 Å². The molecule has 0 N–H and O–H groups in total. The molecule has 17 heteroatoms. The maximum absolute atomic E-state index is 13.8. The molecular formula is C47H43F4IN4O6S2. The Kier molecular flexibility index (Phi) is 14.4. The van der Waals surface area contributed by atoms with Gasteiger partial charge in [0, 0.05) is 41.9 Å². The van der Waals surface area contributed by atoms with Crippen molar-refractivity contribution in [1.29, 1.82) is 0 Å². The van der Waals surface area contributed by atoms with E-state index in [4.69, 9.17) is 4.74 Å². The fraction of sp³-hybridized carbons (Fsp3) is 0.213. The number of benzene rings is 6. The highest BCUT2D eigenvalue weighted by atomic mass is 127. The van der Waals surface area contributed by atoms with Gasteiger partial charge in [-0.3, -0.25) is 23.2 Å². The highest BCUT2D eigenvalue weighted by Crippen LogP contribution is 2.38. The molecular weight excluding hydrogens is 984 g/mol. The SMILES string of the molecule is CS(=O)(=O)N(c1cc(F)cc(F)c1)C1CN(C(c2ccccc2)c2ccc(I)cc2)C1.CS(=O)(=O)N(c1cc(F)cc(F)c1)C1CN(C(c2ccccc2)c2ccc(OC=O)cc2)C1. The zero-order valence-corrected chi connectivity index (χ0v) is 38.3. The number of nitrogens with zero attached hydrogens (tertiary/aromatic N) is 4. The quantitative estimate of drug-likeness (QED) is 0.0608. The van der Waals surface area contributed by atoms with Crippen LogP contribution in [0.1, 0.15) is 34.3 Å². The third-order valence-corrected chi connectivity index (χ3v) is 14.1. The number of likely N-dealkylation sites (tertiary alicyclic amines) is 2. The lowest BCUT2D eigenvalue weighted by Crippen LogP contribution is -2.61. The third-order valence-electron chi connectivity index (χ3n) is 10.9. The number of anilines is 2. The van der Waals surface area contributed by atoms with Crippen molar-refractivity contribution in [3.05, 3.63) is 195 Å². The molecule has 334 valence electrons. The summed E-state index contributed by atoms with van der Waals surface area (Å²) in [4.78, 5) is 14.9. The third kappa shape index (κ3) is 11.1. The second kappa shape index (κ2) is 19.8. The van der Waals surface area contributed by atoms with Crippen molar-refractivity contribution in [2.24, 2.45) is 0 Å². The van der Waals surface area contributed by atoms with Gasteiger partial charge in [-0.1, -0.05) is 84.9 Å². The molecule has 2 heterocycles. The Morgan fingerprint density at radius 3 is 1.20 bits per heavy atom.